The minimum Gasteiger partial charge on any atom is -0.358 e. The molecule has 0 amide bonds. The first-order valence-corrected chi connectivity index (χ1v) is 4.74. The maximum absolute atomic E-state index is 2.12. The van der Waals surface area contributed by atoms with E-state index in [0.717, 1.165) is 0 Å². The zero-order chi connectivity index (χ0) is 9.64. The Balaban J connectivity index is -0.0000000621. The van der Waals surface area contributed by atoms with Gasteiger partial charge >= 0.3 is 0 Å². The monoisotopic (exact) mass is 345 g/mol. The smallest absolute Gasteiger partial charge is 0 e. The fraction of sp³-hybridized carbons (Fsp3) is 0. The Kier molecular flexibility index (Phi) is 28.4. The van der Waals surface area contributed by atoms with Crippen LogP contribution in [0.3, 0.4) is 0 Å². The van der Waals surface area contributed by atoms with Crippen molar-refractivity contribution in [1.82, 2.24) is 0 Å². The first-order valence-electron chi connectivity index (χ1n) is 4.74. The van der Waals surface area contributed by atoms with Crippen LogP contribution in [-0.2, 0) is 26.2 Å². The first kappa shape index (κ1) is 31.4. The van der Waals surface area contributed by atoms with Crippen LogP contribution in [0.25, 0.3) is 10.8 Å². The Bertz CT molecular complexity index is 416. The van der Waals surface area contributed by atoms with Crippen LogP contribution < -0.4 is 0 Å². The normalized spacial score (nSPS) is 6.60. The molecular formula is C19H27Zr-7. The van der Waals surface area contributed by atoms with Crippen molar-refractivity contribution in [2.24, 2.45) is 0 Å². The van der Waals surface area contributed by atoms with E-state index in [1.165, 1.54) is 10.8 Å². The Morgan fingerprint density at radius 3 is 1.60 bits per heavy atom. The second-order valence-corrected chi connectivity index (χ2v) is 3.12. The van der Waals surface area contributed by atoms with Crippen molar-refractivity contribution < 1.29 is 26.2 Å². The van der Waals surface area contributed by atoms with Crippen LogP contribution in [0, 0.1) is 37.1 Å². The number of fused-ring (bicyclic) bond motifs is 1. The van der Waals surface area contributed by atoms with Gasteiger partial charge in [0.1, 0.15) is 0 Å². The molecule has 0 atom stereocenters. The molecule has 3 rings (SSSR count). The summed E-state index contributed by atoms with van der Waals surface area (Å²) in [6.45, 7) is 0. The van der Waals surface area contributed by atoms with Crippen LogP contribution >= 0.6 is 0 Å². The predicted molar refractivity (Wildman–Crippen MR) is 93.6 cm³/mol. The Morgan fingerprint density at radius 2 is 1.15 bits per heavy atom. The van der Waals surface area contributed by atoms with Crippen molar-refractivity contribution in [2.45, 2.75) is 0 Å². The van der Waals surface area contributed by atoms with Gasteiger partial charge in [-0.25, -0.2) is 12.1 Å². The zero-order valence-electron chi connectivity index (χ0n) is 13.4. The van der Waals surface area contributed by atoms with Crippen LogP contribution in [0.5, 0.6) is 0 Å². The molecule has 0 aliphatic carbocycles. The predicted octanol–water partition coefficient (Wildman–Crippen LogP) is 6.21. The molecule has 0 unspecified atom stereocenters. The van der Waals surface area contributed by atoms with Gasteiger partial charge < -0.3 is 37.1 Å². The van der Waals surface area contributed by atoms with E-state index in [-0.39, 0.29) is 63.3 Å². The van der Waals surface area contributed by atoms with Crippen LogP contribution in [0.1, 0.15) is 0 Å². The number of rotatable bonds is 0. The van der Waals surface area contributed by atoms with Crippen molar-refractivity contribution >= 4 is 10.8 Å². The molecule has 3 aromatic carbocycles. The van der Waals surface area contributed by atoms with E-state index in [9.17, 15) is 0 Å². The van der Waals surface area contributed by atoms with E-state index in [4.69, 9.17) is 0 Å². The van der Waals surface area contributed by atoms with Crippen molar-refractivity contribution in [1.29, 1.82) is 0 Å². The standard InChI is InChI=1S/C9H7.C5H5.5CH3.Zr/c1-2-5-9-7-3-6-8(9)4-1;1-2-4-5-3-1;;;;;;/h1-7H;1-5H;5*1H3;/q7*-1;. The van der Waals surface area contributed by atoms with Gasteiger partial charge in [0.05, 0.1) is 0 Å². The molecule has 0 saturated carbocycles. The fourth-order valence-electron chi connectivity index (χ4n) is 1.39. The molecule has 0 nitrogen and oxygen atoms in total. The van der Waals surface area contributed by atoms with Crippen LogP contribution in [0.2, 0.25) is 0 Å². The van der Waals surface area contributed by atoms with E-state index in [0.29, 0.717) is 0 Å². The van der Waals surface area contributed by atoms with E-state index in [1.54, 1.807) is 0 Å². The Morgan fingerprint density at radius 1 is 0.600 bits per heavy atom. The maximum atomic E-state index is 2.12. The molecule has 0 aliphatic heterocycles. The minimum absolute atomic E-state index is 0. The third-order valence-electron chi connectivity index (χ3n) is 2.10. The van der Waals surface area contributed by atoms with Gasteiger partial charge in [-0.2, -0.15) is 35.7 Å². The summed E-state index contributed by atoms with van der Waals surface area (Å²) in [4.78, 5) is 0. The second kappa shape index (κ2) is 18.1. The molecule has 114 valence electrons. The summed E-state index contributed by atoms with van der Waals surface area (Å²) in [6, 6.07) is 24.7. The summed E-state index contributed by atoms with van der Waals surface area (Å²) in [5.74, 6) is 0. The summed E-state index contributed by atoms with van der Waals surface area (Å²) in [6.07, 6.45) is 0. The molecular weight excluding hydrogens is 319 g/mol. The summed E-state index contributed by atoms with van der Waals surface area (Å²) in [5.41, 5.74) is 0. The average Bonchev–Trinajstić information content (AvgIpc) is 2.92. The van der Waals surface area contributed by atoms with Gasteiger partial charge in [0.25, 0.3) is 0 Å². The molecule has 0 bridgehead atoms. The summed E-state index contributed by atoms with van der Waals surface area (Å²) < 4.78 is 0. The first-order chi connectivity index (χ1) is 6.97. The van der Waals surface area contributed by atoms with Crippen molar-refractivity contribution in [3.8, 4) is 0 Å². The maximum Gasteiger partial charge on any atom is 0 e. The van der Waals surface area contributed by atoms with Gasteiger partial charge in [-0.15, -0.1) is 29.7 Å². The summed E-state index contributed by atoms with van der Waals surface area (Å²) in [5, 5.41) is 2.66. The molecule has 0 saturated heterocycles. The van der Waals surface area contributed by atoms with Gasteiger partial charge in [0, 0.05) is 26.2 Å². The number of hydrogen-bond donors (Lipinski definition) is 0. The van der Waals surface area contributed by atoms with Crippen LogP contribution in [-0.4, -0.2) is 0 Å². The topological polar surface area (TPSA) is 0 Å². The largest absolute Gasteiger partial charge is 0.358 e. The molecule has 0 aliphatic rings. The Labute approximate surface area is 146 Å². The van der Waals surface area contributed by atoms with Crippen LogP contribution in [0.4, 0.5) is 0 Å². The molecule has 3 aromatic rings. The quantitative estimate of drug-likeness (QED) is 0.424. The molecule has 0 fully saturated rings. The van der Waals surface area contributed by atoms with E-state index in [1.807, 2.05) is 30.3 Å². The molecule has 0 spiro atoms. The van der Waals surface area contributed by atoms with Crippen molar-refractivity contribution in [3.63, 3.8) is 0 Å². The van der Waals surface area contributed by atoms with Gasteiger partial charge in [0.15, 0.2) is 0 Å². The van der Waals surface area contributed by atoms with Gasteiger partial charge in [-0.3, -0.25) is 0 Å². The van der Waals surface area contributed by atoms with E-state index < -0.39 is 0 Å². The third-order valence-corrected chi connectivity index (χ3v) is 2.10. The summed E-state index contributed by atoms with van der Waals surface area (Å²) in [7, 11) is 0. The SMILES string of the molecule is [CH3-].[CH3-].[CH3-].[CH3-].[CH3-].[Zr].c1cc[cH-]c1.c1ccc2[cH-]ccc2c1. The van der Waals surface area contributed by atoms with Gasteiger partial charge in [-0.05, 0) is 0 Å². The fourth-order valence-corrected chi connectivity index (χ4v) is 1.39. The average molecular weight is 347 g/mol. The van der Waals surface area contributed by atoms with E-state index >= 15 is 0 Å². The third kappa shape index (κ3) is 9.92. The van der Waals surface area contributed by atoms with Gasteiger partial charge in [-0.1, -0.05) is 6.07 Å². The molecule has 0 N–H and O–H groups in total. The number of hydrogen-bond acceptors (Lipinski definition) is 0. The molecule has 20 heavy (non-hydrogen) atoms. The van der Waals surface area contributed by atoms with E-state index in [2.05, 4.69) is 42.5 Å². The minimum atomic E-state index is 0. The second-order valence-electron chi connectivity index (χ2n) is 3.12. The zero-order valence-corrected chi connectivity index (χ0v) is 15.9. The molecule has 0 aromatic heterocycles. The van der Waals surface area contributed by atoms with Crippen molar-refractivity contribution in [2.75, 3.05) is 0 Å². The summed E-state index contributed by atoms with van der Waals surface area (Å²) >= 11 is 0. The van der Waals surface area contributed by atoms with Crippen molar-refractivity contribution in [3.05, 3.63) is 110 Å². The molecule has 0 heterocycles. The Hall–Kier alpha value is -0.937. The van der Waals surface area contributed by atoms with Gasteiger partial charge in [0.2, 0.25) is 0 Å². The number of benzene rings is 1. The molecule has 0 radical (unpaired) electrons. The van der Waals surface area contributed by atoms with Crippen LogP contribution in [0.15, 0.2) is 72.8 Å². The molecule has 1 heteroatoms.